The second-order valence-corrected chi connectivity index (χ2v) is 3.91. The molecule has 2 N–H and O–H groups in total. The molecule has 2 unspecified atom stereocenters. The number of rotatable bonds is 8. The van der Waals surface area contributed by atoms with Gasteiger partial charge in [-0.05, 0) is 12.8 Å². The summed E-state index contributed by atoms with van der Waals surface area (Å²) in [6, 6.07) is -0.219. The SMILES string of the molecule is CCCCOC1NC(=O)NC1OCCCC. The second kappa shape index (κ2) is 7.46. The summed E-state index contributed by atoms with van der Waals surface area (Å²) in [5.41, 5.74) is 0. The highest BCUT2D eigenvalue weighted by molar-refractivity contribution is 5.76. The van der Waals surface area contributed by atoms with E-state index in [-0.39, 0.29) is 18.5 Å². The summed E-state index contributed by atoms with van der Waals surface area (Å²) in [7, 11) is 0. The van der Waals surface area contributed by atoms with Crippen LogP contribution in [0.15, 0.2) is 0 Å². The molecule has 5 heteroatoms. The van der Waals surface area contributed by atoms with E-state index in [4.69, 9.17) is 9.47 Å². The zero-order valence-electron chi connectivity index (χ0n) is 10.1. The van der Waals surface area contributed by atoms with Gasteiger partial charge in [0.1, 0.15) is 0 Å². The first-order chi connectivity index (χ1) is 7.77. The van der Waals surface area contributed by atoms with Crippen molar-refractivity contribution >= 4 is 6.03 Å². The van der Waals surface area contributed by atoms with Gasteiger partial charge in [0.2, 0.25) is 0 Å². The quantitative estimate of drug-likeness (QED) is 0.622. The molecular weight excluding hydrogens is 208 g/mol. The monoisotopic (exact) mass is 230 g/mol. The van der Waals surface area contributed by atoms with Gasteiger partial charge in [-0.1, -0.05) is 26.7 Å². The number of urea groups is 1. The first kappa shape index (κ1) is 13.3. The lowest BCUT2D eigenvalue weighted by Gasteiger charge is -2.19. The van der Waals surface area contributed by atoms with Gasteiger partial charge in [-0.25, -0.2) is 4.79 Å². The maximum absolute atomic E-state index is 11.1. The number of hydrogen-bond acceptors (Lipinski definition) is 3. The van der Waals surface area contributed by atoms with Crippen LogP contribution in [0.25, 0.3) is 0 Å². The van der Waals surface area contributed by atoms with Crippen LogP contribution < -0.4 is 10.6 Å². The number of amides is 2. The molecule has 1 saturated heterocycles. The van der Waals surface area contributed by atoms with Crippen molar-refractivity contribution < 1.29 is 14.3 Å². The highest BCUT2D eigenvalue weighted by Gasteiger charge is 2.32. The molecule has 1 aliphatic rings. The molecule has 0 aromatic carbocycles. The van der Waals surface area contributed by atoms with Crippen LogP contribution in [-0.2, 0) is 9.47 Å². The lowest BCUT2D eigenvalue weighted by molar-refractivity contribution is -0.0736. The lowest BCUT2D eigenvalue weighted by atomic mass is 10.3. The van der Waals surface area contributed by atoms with Crippen LogP contribution >= 0.6 is 0 Å². The van der Waals surface area contributed by atoms with E-state index in [1.165, 1.54) is 0 Å². The molecule has 0 aromatic rings. The first-order valence-corrected chi connectivity index (χ1v) is 6.08. The van der Waals surface area contributed by atoms with Crippen LogP contribution in [0.3, 0.4) is 0 Å². The van der Waals surface area contributed by atoms with Crippen LogP contribution in [0.1, 0.15) is 39.5 Å². The number of carbonyl (C=O) groups excluding carboxylic acids is 1. The molecule has 0 saturated carbocycles. The normalized spacial score (nSPS) is 24.2. The van der Waals surface area contributed by atoms with Crippen molar-refractivity contribution in [1.82, 2.24) is 10.6 Å². The standard InChI is InChI=1S/C11H22N2O3/c1-3-5-7-15-9-10(13-11(14)12-9)16-8-6-4-2/h9-10H,3-8H2,1-2H3,(H2,12,13,14). The van der Waals surface area contributed by atoms with E-state index in [0.29, 0.717) is 13.2 Å². The van der Waals surface area contributed by atoms with Crippen LogP contribution in [0.4, 0.5) is 4.79 Å². The van der Waals surface area contributed by atoms with Gasteiger partial charge in [0.25, 0.3) is 0 Å². The van der Waals surface area contributed by atoms with Crippen molar-refractivity contribution in [3.63, 3.8) is 0 Å². The molecule has 0 bridgehead atoms. The molecule has 16 heavy (non-hydrogen) atoms. The van der Waals surface area contributed by atoms with Gasteiger partial charge in [-0.3, -0.25) is 0 Å². The average Bonchev–Trinajstić information content (AvgIpc) is 2.60. The van der Waals surface area contributed by atoms with Gasteiger partial charge in [0.05, 0.1) is 0 Å². The maximum atomic E-state index is 11.1. The summed E-state index contributed by atoms with van der Waals surface area (Å²) >= 11 is 0. The highest BCUT2D eigenvalue weighted by Crippen LogP contribution is 2.07. The van der Waals surface area contributed by atoms with Crippen molar-refractivity contribution in [3.8, 4) is 0 Å². The third-order valence-electron chi connectivity index (χ3n) is 2.41. The Morgan fingerprint density at radius 1 is 1.00 bits per heavy atom. The Bertz CT molecular complexity index is 191. The average molecular weight is 230 g/mol. The summed E-state index contributed by atoms with van der Waals surface area (Å²) in [4.78, 5) is 11.1. The van der Waals surface area contributed by atoms with Gasteiger partial charge in [0, 0.05) is 13.2 Å². The van der Waals surface area contributed by atoms with E-state index >= 15 is 0 Å². The molecular formula is C11H22N2O3. The number of carbonyl (C=O) groups is 1. The summed E-state index contributed by atoms with van der Waals surface area (Å²) in [6.07, 6.45) is 3.44. The van der Waals surface area contributed by atoms with E-state index in [2.05, 4.69) is 24.5 Å². The third-order valence-corrected chi connectivity index (χ3v) is 2.41. The van der Waals surface area contributed by atoms with Crippen LogP contribution in [0.5, 0.6) is 0 Å². The molecule has 0 aliphatic carbocycles. The first-order valence-electron chi connectivity index (χ1n) is 6.08. The molecule has 1 heterocycles. The number of hydrogen-bond donors (Lipinski definition) is 2. The Balaban J connectivity index is 2.25. The summed E-state index contributed by atoms with van der Waals surface area (Å²) in [5.74, 6) is 0. The summed E-state index contributed by atoms with van der Waals surface area (Å²) < 4.78 is 11.1. The van der Waals surface area contributed by atoms with E-state index in [0.717, 1.165) is 25.7 Å². The Hall–Kier alpha value is -0.810. The Morgan fingerprint density at radius 3 is 1.81 bits per heavy atom. The van der Waals surface area contributed by atoms with Crippen molar-refractivity contribution in [2.45, 2.75) is 52.0 Å². The van der Waals surface area contributed by atoms with E-state index in [9.17, 15) is 4.79 Å². The Kier molecular flexibility index (Phi) is 6.18. The third kappa shape index (κ3) is 4.37. The zero-order chi connectivity index (χ0) is 11.8. The maximum Gasteiger partial charge on any atom is 0.319 e. The molecule has 1 fully saturated rings. The minimum absolute atomic E-state index is 0.219. The Labute approximate surface area is 96.9 Å². The zero-order valence-corrected chi connectivity index (χ0v) is 10.1. The predicted octanol–water partition coefficient (Wildman–Crippen LogP) is 1.58. The molecule has 1 aliphatic heterocycles. The molecule has 2 atom stereocenters. The molecule has 0 radical (unpaired) electrons. The molecule has 5 nitrogen and oxygen atoms in total. The van der Waals surface area contributed by atoms with Crippen molar-refractivity contribution in [2.75, 3.05) is 13.2 Å². The fraction of sp³-hybridized carbons (Fsp3) is 0.909. The lowest BCUT2D eigenvalue weighted by Crippen LogP contribution is -2.38. The molecule has 1 rings (SSSR count). The van der Waals surface area contributed by atoms with E-state index in [1.807, 2.05) is 0 Å². The smallest absolute Gasteiger partial charge is 0.319 e. The van der Waals surface area contributed by atoms with Crippen molar-refractivity contribution in [2.24, 2.45) is 0 Å². The van der Waals surface area contributed by atoms with Crippen molar-refractivity contribution in [1.29, 1.82) is 0 Å². The molecule has 2 amide bonds. The molecule has 94 valence electrons. The number of unbranched alkanes of at least 4 members (excludes halogenated alkanes) is 2. The topological polar surface area (TPSA) is 59.6 Å². The molecule has 0 aromatic heterocycles. The van der Waals surface area contributed by atoms with Crippen LogP contribution in [0.2, 0.25) is 0 Å². The van der Waals surface area contributed by atoms with Crippen molar-refractivity contribution in [3.05, 3.63) is 0 Å². The van der Waals surface area contributed by atoms with Gasteiger partial charge >= 0.3 is 6.03 Å². The van der Waals surface area contributed by atoms with Crippen LogP contribution in [-0.4, -0.2) is 31.7 Å². The fourth-order valence-electron chi connectivity index (χ4n) is 1.42. The minimum Gasteiger partial charge on any atom is -0.354 e. The highest BCUT2D eigenvalue weighted by atomic mass is 16.6. The van der Waals surface area contributed by atoms with Gasteiger partial charge < -0.3 is 20.1 Å². The number of nitrogens with one attached hydrogen (secondary N) is 2. The predicted molar refractivity (Wildman–Crippen MR) is 61.0 cm³/mol. The second-order valence-electron chi connectivity index (χ2n) is 3.91. The van der Waals surface area contributed by atoms with Gasteiger partial charge in [-0.2, -0.15) is 0 Å². The fourth-order valence-corrected chi connectivity index (χ4v) is 1.42. The summed E-state index contributed by atoms with van der Waals surface area (Å²) in [5, 5.41) is 5.38. The van der Waals surface area contributed by atoms with E-state index in [1.54, 1.807) is 0 Å². The summed E-state index contributed by atoms with van der Waals surface area (Å²) in [6.45, 7) is 5.50. The molecule has 0 spiro atoms. The van der Waals surface area contributed by atoms with Gasteiger partial charge in [0.15, 0.2) is 12.5 Å². The van der Waals surface area contributed by atoms with Gasteiger partial charge in [-0.15, -0.1) is 0 Å². The Morgan fingerprint density at radius 2 is 1.44 bits per heavy atom. The number of ether oxygens (including phenoxy) is 2. The largest absolute Gasteiger partial charge is 0.354 e. The van der Waals surface area contributed by atoms with Crippen LogP contribution in [0, 0.1) is 0 Å². The van der Waals surface area contributed by atoms with E-state index < -0.39 is 0 Å². The minimum atomic E-state index is -0.351.